The van der Waals surface area contributed by atoms with E-state index in [-0.39, 0.29) is 18.4 Å². The van der Waals surface area contributed by atoms with Crippen molar-refractivity contribution in [3.05, 3.63) is 82.9 Å². The van der Waals surface area contributed by atoms with E-state index in [4.69, 9.17) is 0 Å². The van der Waals surface area contributed by atoms with Crippen LogP contribution < -0.4 is 0 Å². The first-order chi connectivity index (χ1) is 11.7. The van der Waals surface area contributed by atoms with Crippen LogP contribution in [0.3, 0.4) is 0 Å². The van der Waals surface area contributed by atoms with Gasteiger partial charge >= 0.3 is 0 Å². The predicted molar refractivity (Wildman–Crippen MR) is 96.6 cm³/mol. The first kappa shape index (κ1) is 15.9. The quantitative estimate of drug-likeness (QED) is 0.766. The first-order valence-electron chi connectivity index (χ1n) is 8.09. The van der Waals surface area contributed by atoms with Crippen molar-refractivity contribution in [3.63, 3.8) is 0 Å². The third kappa shape index (κ3) is 3.20. The second-order valence-corrected chi connectivity index (χ2v) is 5.65. The number of fused-ring (bicyclic) bond motifs is 1. The van der Waals surface area contributed by atoms with Crippen LogP contribution in [0, 0.1) is 0 Å². The van der Waals surface area contributed by atoms with Gasteiger partial charge in [0.2, 0.25) is 0 Å². The number of rotatable bonds is 5. The molecule has 2 aromatic rings. The highest BCUT2D eigenvalue weighted by atomic mass is 16.2. The molecule has 3 nitrogen and oxygen atoms in total. The normalized spacial score (nSPS) is 14.1. The van der Waals surface area contributed by atoms with Gasteiger partial charge in [0.1, 0.15) is 0 Å². The number of allylic oxidation sites excluding steroid dienone is 1. The number of benzene rings is 2. The maximum atomic E-state index is 12.3. The predicted octanol–water partition coefficient (Wildman–Crippen LogP) is 4.42. The maximum absolute atomic E-state index is 12.3. The van der Waals surface area contributed by atoms with E-state index in [9.17, 15) is 9.59 Å². The Kier molecular flexibility index (Phi) is 4.71. The van der Waals surface area contributed by atoms with Gasteiger partial charge in [0.25, 0.3) is 11.8 Å². The molecule has 0 radical (unpaired) electrons. The minimum atomic E-state index is -0.222. The summed E-state index contributed by atoms with van der Waals surface area (Å²) < 4.78 is 0. The van der Waals surface area contributed by atoms with Crippen LogP contribution in [-0.4, -0.2) is 23.3 Å². The molecule has 0 atom stereocenters. The molecule has 120 valence electrons. The Hall–Kier alpha value is -2.94. The Bertz CT molecular complexity index is 798. The molecule has 0 fully saturated rings. The summed E-state index contributed by atoms with van der Waals surface area (Å²) in [4.78, 5) is 25.8. The fourth-order valence-electron chi connectivity index (χ4n) is 2.72. The minimum absolute atomic E-state index is 0.222. The average molecular weight is 317 g/mol. The summed E-state index contributed by atoms with van der Waals surface area (Å²) in [5.74, 6) is -0.445. The summed E-state index contributed by atoms with van der Waals surface area (Å²) in [5, 5.41) is 0. The van der Waals surface area contributed by atoms with Crippen molar-refractivity contribution in [2.75, 3.05) is 6.54 Å². The molecule has 0 aliphatic carbocycles. The van der Waals surface area contributed by atoms with E-state index < -0.39 is 0 Å². The van der Waals surface area contributed by atoms with Crippen molar-refractivity contribution in [1.82, 2.24) is 4.90 Å². The lowest BCUT2D eigenvalue weighted by atomic mass is 10.1. The van der Waals surface area contributed by atoms with Crippen molar-refractivity contribution in [2.45, 2.75) is 13.3 Å². The van der Waals surface area contributed by atoms with Crippen molar-refractivity contribution in [3.8, 4) is 0 Å². The largest absolute Gasteiger partial charge is 0.270 e. The number of nitrogens with zero attached hydrogens (tertiary/aromatic N) is 1. The molecule has 2 aromatic carbocycles. The molecule has 1 aliphatic rings. The van der Waals surface area contributed by atoms with Crippen LogP contribution in [0.15, 0.2) is 60.7 Å². The SMILES string of the molecule is CCC=Cc1cccc(C=CCN2C(=O)c3ccccc3C2=O)c1. The zero-order chi connectivity index (χ0) is 16.9. The zero-order valence-electron chi connectivity index (χ0n) is 13.6. The zero-order valence-corrected chi connectivity index (χ0v) is 13.6. The lowest BCUT2D eigenvalue weighted by Crippen LogP contribution is -2.29. The average Bonchev–Trinajstić information content (AvgIpc) is 2.86. The van der Waals surface area contributed by atoms with Gasteiger partial charge in [-0.05, 0) is 35.7 Å². The fraction of sp³-hybridized carbons (Fsp3) is 0.143. The second-order valence-electron chi connectivity index (χ2n) is 5.65. The highest BCUT2D eigenvalue weighted by Crippen LogP contribution is 2.22. The van der Waals surface area contributed by atoms with Gasteiger partial charge in [-0.1, -0.05) is 61.6 Å². The maximum Gasteiger partial charge on any atom is 0.261 e. The van der Waals surface area contributed by atoms with Gasteiger partial charge in [0, 0.05) is 6.54 Å². The Balaban J connectivity index is 1.71. The lowest BCUT2D eigenvalue weighted by molar-refractivity contribution is 0.0672. The summed E-state index contributed by atoms with van der Waals surface area (Å²) >= 11 is 0. The first-order valence-corrected chi connectivity index (χ1v) is 8.09. The Morgan fingerprint density at radius 1 is 0.833 bits per heavy atom. The van der Waals surface area contributed by atoms with Crippen molar-refractivity contribution in [2.24, 2.45) is 0 Å². The minimum Gasteiger partial charge on any atom is -0.270 e. The topological polar surface area (TPSA) is 37.4 Å². The molecule has 0 unspecified atom stereocenters. The highest BCUT2D eigenvalue weighted by molar-refractivity contribution is 6.21. The molecule has 0 saturated carbocycles. The number of carbonyl (C=O) groups excluding carboxylic acids is 2. The lowest BCUT2D eigenvalue weighted by Gasteiger charge is -2.10. The van der Waals surface area contributed by atoms with Crippen molar-refractivity contribution in [1.29, 1.82) is 0 Å². The second kappa shape index (κ2) is 7.09. The standard InChI is InChI=1S/C21H19NO2/c1-2-3-8-16-9-6-10-17(15-16)11-7-14-22-20(23)18-12-4-5-13-19(18)21(22)24/h3-13,15H,2,14H2,1H3. The smallest absolute Gasteiger partial charge is 0.261 e. The van der Waals surface area contributed by atoms with Crippen LogP contribution in [-0.2, 0) is 0 Å². The van der Waals surface area contributed by atoms with Gasteiger partial charge in [0.15, 0.2) is 0 Å². The highest BCUT2D eigenvalue weighted by Gasteiger charge is 2.33. The van der Waals surface area contributed by atoms with E-state index >= 15 is 0 Å². The molecule has 0 bridgehead atoms. The fourth-order valence-corrected chi connectivity index (χ4v) is 2.72. The molecule has 1 heterocycles. The van der Waals surface area contributed by atoms with Crippen LogP contribution in [0.25, 0.3) is 12.2 Å². The van der Waals surface area contributed by atoms with Crippen LogP contribution in [0.1, 0.15) is 45.2 Å². The summed E-state index contributed by atoms with van der Waals surface area (Å²) in [6.07, 6.45) is 8.99. The molecular weight excluding hydrogens is 298 g/mol. The Labute approximate surface area is 141 Å². The summed E-state index contributed by atoms with van der Waals surface area (Å²) in [5.41, 5.74) is 3.16. The molecule has 0 N–H and O–H groups in total. The molecule has 3 heteroatoms. The van der Waals surface area contributed by atoms with Gasteiger partial charge < -0.3 is 0 Å². The van der Waals surface area contributed by atoms with Gasteiger partial charge in [-0.15, -0.1) is 0 Å². The molecule has 0 spiro atoms. The van der Waals surface area contributed by atoms with Gasteiger partial charge in [0.05, 0.1) is 11.1 Å². The van der Waals surface area contributed by atoms with Crippen LogP contribution in [0.2, 0.25) is 0 Å². The van der Waals surface area contributed by atoms with Crippen LogP contribution >= 0.6 is 0 Å². The van der Waals surface area contributed by atoms with Gasteiger partial charge in [-0.3, -0.25) is 14.5 Å². The van der Waals surface area contributed by atoms with E-state index in [1.54, 1.807) is 24.3 Å². The van der Waals surface area contributed by atoms with E-state index in [1.807, 2.05) is 30.4 Å². The molecule has 3 rings (SSSR count). The van der Waals surface area contributed by atoms with E-state index in [2.05, 4.69) is 25.1 Å². The van der Waals surface area contributed by atoms with Crippen LogP contribution in [0.4, 0.5) is 0 Å². The van der Waals surface area contributed by atoms with Crippen molar-refractivity contribution >= 4 is 24.0 Å². The Morgan fingerprint density at radius 3 is 2.00 bits per heavy atom. The summed E-state index contributed by atoms with van der Waals surface area (Å²) in [7, 11) is 0. The number of hydrogen-bond acceptors (Lipinski definition) is 2. The van der Waals surface area contributed by atoms with Crippen molar-refractivity contribution < 1.29 is 9.59 Å². The van der Waals surface area contributed by atoms with E-state index in [0.29, 0.717) is 11.1 Å². The monoisotopic (exact) mass is 317 g/mol. The number of hydrogen-bond donors (Lipinski definition) is 0. The van der Waals surface area contributed by atoms with E-state index in [0.717, 1.165) is 17.5 Å². The molecular formula is C21H19NO2. The third-order valence-electron chi connectivity index (χ3n) is 3.93. The third-order valence-corrected chi connectivity index (χ3v) is 3.93. The number of imide groups is 1. The summed E-state index contributed by atoms with van der Waals surface area (Å²) in [6, 6.07) is 15.1. The number of carbonyl (C=O) groups is 2. The Morgan fingerprint density at radius 2 is 1.42 bits per heavy atom. The van der Waals surface area contributed by atoms with Gasteiger partial charge in [-0.2, -0.15) is 0 Å². The molecule has 0 saturated heterocycles. The number of amides is 2. The summed E-state index contributed by atoms with van der Waals surface area (Å²) in [6.45, 7) is 2.38. The van der Waals surface area contributed by atoms with E-state index in [1.165, 1.54) is 4.90 Å². The van der Waals surface area contributed by atoms with Crippen LogP contribution in [0.5, 0.6) is 0 Å². The molecule has 1 aliphatic heterocycles. The van der Waals surface area contributed by atoms with Gasteiger partial charge in [-0.25, -0.2) is 0 Å². The molecule has 24 heavy (non-hydrogen) atoms. The molecule has 2 amide bonds. The molecule has 0 aromatic heterocycles.